The molecule has 1 aliphatic rings. The molecule has 5 nitrogen and oxygen atoms in total. The van der Waals surface area contributed by atoms with Crippen LogP contribution in [0.15, 0.2) is 72.8 Å². The number of hydrogen-bond donors (Lipinski definition) is 0. The van der Waals surface area contributed by atoms with Crippen LogP contribution in [0.5, 0.6) is 5.75 Å². The fraction of sp³-hybridized carbons (Fsp3) is 0.333. The zero-order valence-electron chi connectivity index (χ0n) is 20.9. The van der Waals surface area contributed by atoms with Crippen LogP contribution >= 0.6 is 11.6 Å². The van der Waals surface area contributed by atoms with E-state index < -0.39 is 0 Å². The summed E-state index contributed by atoms with van der Waals surface area (Å²) in [5, 5.41) is 0.630. The number of aryl methyl sites for hydroxylation is 1. The van der Waals surface area contributed by atoms with Gasteiger partial charge >= 0.3 is 0 Å². The van der Waals surface area contributed by atoms with Crippen LogP contribution in [0.4, 0.5) is 5.69 Å². The van der Waals surface area contributed by atoms with Crippen LogP contribution in [0.1, 0.15) is 56.3 Å². The molecule has 36 heavy (non-hydrogen) atoms. The minimum Gasteiger partial charge on any atom is -0.494 e. The first-order chi connectivity index (χ1) is 17.5. The van der Waals surface area contributed by atoms with Crippen LogP contribution in [-0.2, 0) is 11.3 Å². The number of halogens is 1. The molecule has 1 amide bonds. The summed E-state index contributed by atoms with van der Waals surface area (Å²) in [5.41, 5.74) is 4.24. The molecule has 0 bridgehead atoms. The molecule has 2 atom stereocenters. The summed E-state index contributed by atoms with van der Waals surface area (Å²) < 4.78 is 8.31. The smallest absolute Gasteiger partial charge is 0.227 e. The van der Waals surface area contributed by atoms with E-state index in [0.717, 1.165) is 47.7 Å². The van der Waals surface area contributed by atoms with Gasteiger partial charge in [-0.3, -0.25) is 4.79 Å². The summed E-state index contributed by atoms with van der Waals surface area (Å²) in [7, 11) is 0. The van der Waals surface area contributed by atoms with E-state index in [-0.39, 0.29) is 11.8 Å². The second kappa shape index (κ2) is 10.8. The lowest BCUT2D eigenvalue weighted by molar-refractivity contribution is -0.117. The Kier molecular flexibility index (Phi) is 7.28. The van der Waals surface area contributed by atoms with Gasteiger partial charge in [0, 0.05) is 36.1 Å². The maximum Gasteiger partial charge on any atom is 0.227 e. The van der Waals surface area contributed by atoms with Gasteiger partial charge in [-0.25, -0.2) is 4.98 Å². The Labute approximate surface area is 217 Å². The predicted molar refractivity (Wildman–Crippen MR) is 146 cm³/mol. The first kappa shape index (κ1) is 24.4. The maximum atomic E-state index is 12.9. The summed E-state index contributed by atoms with van der Waals surface area (Å²) in [6.45, 7) is 6.45. The number of para-hydroxylation sites is 2. The number of rotatable bonds is 9. The molecule has 0 aliphatic carbocycles. The minimum atomic E-state index is 0.0258. The molecule has 6 heteroatoms. The largest absolute Gasteiger partial charge is 0.494 e. The van der Waals surface area contributed by atoms with E-state index in [4.69, 9.17) is 21.3 Å². The van der Waals surface area contributed by atoms with Crippen molar-refractivity contribution in [2.24, 2.45) is 0 Å². The molecule has 1 aliphatic heterocycles. The van der Waals surface area contributed by atoms with Crippen molar-refractivity contribution < 1.29 is 9.53 Å². The van der Waals surface area contributed by atoms with E-state index in [1.54, 1.807) is 0 Å². The molecule has 0 radical (unpaired) electrons. The van der Waals surface area contributed by atoms with E-state index in [1.165, 1.54) is 5.56 Å². The lowest BCUT2D eigenvalue weighted by atomic mass is 9.99. The van der Waals surface area contributed by atoms with E-state index in [2.05, 4.69) is 48.7 Å². The number of amides is 1. The van der Waals surface area contributed by atoms with Gasteiger partial charge in [0.05, 0.1) is 17.6 Å². The van der Waals surface area contributed by atoms with Gasteiger partial charge in [0.15, 0.2) is 0 Å². The van der Waals surface area contributed by atoms with Gasteiger partial charge in [-0.2, -0.15) is 0 Å². The van der Waals surface area contributed by atoms with Crippen molar-refractivity contribution in [1.82, 2.24) is 9.55 Å². The molecule has 2 heterocycles. The van der Waals surface area contributed by atoms with E-state index in [9.17, 15) is 4.79 Å². The quantitative estimate of drug-likeness (QED) is 0.228. The van der Waals surface area contributed by atoms with Gasteiger partial charge in [0.25, 0.3) is 0 Å². The van der Waals surface area contributed by atoms with E-state index in [0.29, 0.717) is 30.5 Å². The fourth-order valence-electron chi connectivity index (χ4n) is 4.96. The standard InChI is InChI=1S/C30H32ClN3O2/c1-3-21(2)22-12-14-26(15-13-22)36-17-7-16-33-28-11-5-4-10-27(28)32-30(33)23-18-29(35)34(20-23)25-9-6-8-24(31)19-25/h4-6,8-15,19,21,23H,3,7,16-18,20H2,1-2H3. The minimum absolute atomic E-state index is 0.0258. The number of aromatic nitrogens is 2. The maximum absolute atomic E-state index is 12.9. The van der Waals surface area contributed by atoms with Gasteiger partial charge in [-0.1, -0.05) is 55.8 Å². The molecule has 5 rings (SSSR count). The van der Waals surface area contributed by atoms with E-state index >= 15 is 0 Å². The van der Waals surface area contributed by atoms with Crippen LogP contribution in [-0.4, -0.2) is 28.6 Å². The second-order valence-corrected chi connectivity index (χ2v) is 10.0. The zero-order valence-corrected chi connectivity index (χ0v) is 21.6. The third kappa shape index (κ3) is 5.12. The van der Waals surface area contributed by atoms with Gasteiger partial charge in [-0.15, -0.1) is 0 Å². The van der Waals surface area contributed by atoms with Crippen LogP contribution in [0.2, 0.25) is 5.02 Å². The Morgan fingerprint density at radius 3 is 2.67 bits per heavy atom. The molecular weight excluding hydrogens is 470 g/mol. The van der Waals surface area contributed by atoms with Gasteiger partial charge < -0.3 is 14.2 Å². The first-order valence-electron chi connectivity index (χ1n) is 12.8. The highest BCUT2D eigenvalue weighted by atomic mass is 35.5. The Morgan fingerprint density at radius 1 is 1.08 bits per heavy atom. The third-order valence-electron chi connectivity index (χ3n) is 7.15. The van der Waals surface area contributed by atoms with Gasteiger partial charge in [0.2, 0.25) is 5.91 Å². The highest BCUT2D eigenvalue weighted by Gasteiger charge is 2.34. The molecule has 1 saturated heterocycles. The highest BCUT2D eigenvalue weighted by Crippen LogP contribution is 2.34. The molecule has 186 valence electrons. The lowest BCUT2D eigenvalue weighted by Crippen LogP contribution is -2.24. The predicted octanol–water partition coefficient (Wildman–Crippen LogP) is 7.19. The third-order valence-corrected chi connectivity index (χ3v) is 7.39. The lowest BCUT2D eigenvalue weighted by Gasteiger charge is -2.18. The summed E-state index contributed by atoms with van der Waals surface area (Å²) >= 11 is 6.18. The van der Waals surface area contributed by atoms with Crippen LogP contribution in [0.25, 0.3) is 11.0 Å². The number of imidazole rings is 1. The second-order valence-electron chi connectivity index (χ2n) is 9.58. The van der Waals surface area contributed by atoms with Crippen molar-refractivity contribution in [1.29, 1.82) is 0 Å². The molecule has 3 aromatic carbocycles. The Hall–Kier alpha value is -3.31. The van der Waals surface area contributed by atoms with Crippen molar-refractivity contribution in [2.45, 2.75) is 51.5 Å². The van der Waals surface area contributed by atoms with Crippen molar-refractivity contribution >= 4 is 34.2 Å². The average molecular weight is 502 g/mol. The molecule has 0 saturated carbocycles. The van der Waals surface area contributed by atoms with Gasteiger partial charge in [0.1, 0.15) is 11.6 Å². The Bertz CT molecular complexity index is 1350. The van der Waals surface area contributed by atoms with Crippen molar-refractivity contribution in [3.63, 3.8) is 0 Å². The van der Waals surface area contributed by atoms with Crippen molar-refractivity contribution in [2.75, 3.05) is 18.1 Å². The first-order valence-corrected chi connectivity index (χ1v) is 13.1. The number of benzene rings is 3. The summed E-state index contributed by atoms with van der Waals surface area (Å²) in [6.07, 6.45) is 2.42. The van der Waals surface area contributed by atoms with E-state index in [1.807, 2.05) is 47.4 Å². The number of carbonyl (C=O) groups is 1. The van der Waals surface area contributed by atoms with Gasteiger partial charge in [-0.05, 0) is 66.8 Å². The molecule has 1 aromatic heterocycles. The molecule has 0 spiro atoms. The normalized spacial score (nSPS) is 16.6. The number of fused-ring (bicyclic) bond motifs is 1. The van der Waals surface area contributed by atoms with Crippen LogP contribution in [0.3, 0.4) is 0 Å². The molecule has 2 unspecified atom stereocenters. The van der Waals surface area contributed by atoms with Crippen LogP contribution < -0.4 is 9.64 Å². The highest BCUT2D eigenvalue weighted by molar-refractivity contribution is 6.30. The number of nitrogens with zero attached hydrogens (tertiary/aromatic N) is 3. The fourth-order valence-corrected chi connectivity index (χ4v) is 5.14. The Morgan fingerprint density at radius 2 is 1.89 bits per heavy atom. The molecule has 0 N–H and O–H groups in total. The topological polar surface area (TPSA) is 47.4 Å². The van der Waals surface area contributed by atoms with Crippen molar-refractivity contribution in [3.8, 4) is 5.75 Å². The summed E-state index contributed by atoms with van der Waals surface area (Å²) in [6, 6.07) is 24.1. The Balaban J connectivity index is 1.29. The molecular formula is C30H32ClN3O2. The average Bonchev–Trinajstić information content (AvgIpc) is 3.47. The summed E-state index contributed by atoms with van der Waals surface area (Å²) in [4.78, 5) is 19.7. The van der Waals surface area contributed by atoms with Crippen molar-refractivity contribution in [3.05, 3.63) is 89.2 Å². The molecule has 1 fully saturated rings. The SMILES string of the molecule is CCC(C)c1ccc(OCCCn2c(C3CC(=O)N(c4cccc(Cl)c4)C3)nc3ccccc32)cc1. The number of anilines is 1. The number of hydrogen-bond acceptors (Lipinski definition) is 3. The summed E-state index contributed by atoms with van der Waals surface area (Å²) in [5.74, 6) is 2.55. The number of carbonyl (C=O) groups excluding carboxylic acids is 1. The molecule has 4 aromatic rings. The van der Waals surface area contributed by atoms with Crippen LogP contribution in [0, 0.1) is 0 Å². The number of ether oxygens (including phenoxy) is 1. The monoisotopic (exact) mass is 501 g/mol. The zero-order chi connectivity index (χ0) is 25.1.